The van der Waals surface area contributed by atoms with Crippen molar-refractivity contribution < 1.29 is 23.5 Å². The van der Waals surface area contributed by atoms with Crippen molar-refractivity contribution in [1.29, 1.82) is 0 Å². The molecule has 8 nitrogen and oxygen atoms in total. The molecular weight excluding hydrogens is 463 g/mol. The van der Waals surface area contributed by atoms with Gasteiger partial charge < -0.3 is 26.4 Å². The van der Waals surface area contributed by atoms with Crippen LogP contribution in [0.5, 0.6) is 0 Å². The molecule has 1 aliphatic carbocycles. The molecule has 5 N–H and O–H groups in total. The van der Waals surface area contributed by atoms with E-state index in [0.717, 1.165) is 37.7 Å². The van der Waals surface area contributed by atoms with Gasteiger partial charge in [-0.3, -0.25) is 14.4 Å². The number of nitrogen functional groups attached to an aromatic ring is 1. The lowest BCUT2D eigenvalue weighted by Crippen LogP contribution is -2.40. The number of rotatable bonds is 5. The summed E-state index contributed by atoms with van der Waals surface area (Å²) in [6, 6.07) is 9.58. The van der Waals surface area contributed by atoms with Crippen LogP contribution in [0.2, 0.25) is 0 Å². The van der Waals surface area contributed by atoms with Crippen LogP contribution < -0.4 is 21.7 Å². The molecule has 2 aromatic carbocycles. The largest absolute Gasteiger partial charge is 0.395 e. The number of nitrogens with two attached hydrogens (primary N) is 1. The summed E-state index contributed by atoms with van der Waals surface area (Å²) in [6.07, 6.45) is 5.71. The molecule has 36 heavy (non-hydrogen) atoms. The summed E-state index contributed by atoms with van der Waals surface area (Å²) in [5.41, 5.74) is 7.28. The first-order valence-corrected chi connectivity index (χ1v) is 12.6. The number of carbonyl (C=O) groups is 3. The highest BCUT2D eigenvalue weighted by molar-refractivity contribution is 6.12. The van der Waals surface area contributed by atoms with Gasteiger partial charge in [0.15, 0.2) is 0 Å². The van der Waals surface area contributed by atoms with Gasteiger partial charge in [0.1, 0.15) is 11.7 Å². The van der Waals surface area contributed by atoms with Gasteiger partial charge in [-0.05, 0) is 61.4 Å². The Morgan fingerprint density at radius 3 is 2.53 bits per heavy atom. The van der Waals surface area contributed by atoms with Gasteiger partial charge in [0.05, 0.1) is 16.8 Å². The molecular formula is C27H31FN4O4. The molecule has 2 aromatic rings. The molecule has 1 atom stereocenters. The van der Waals surface area contributed by atoms with Crippen LogP contribution in [0, 0.1) is 17.7 Å². The van der Waals surface area contributed by atoms with Gasteiger partial charge in [-0.1, -0.05) is 31.4 Å². The zero-order chi connectivity index (χ0) is 25.3. The molecule has 190 valence electrons. The Morgan fingerprint density at radius 2 is 1.78 bits per heavy atom. The summed E-state index contributed by atoms with van der Waals surface area (Å²) in [6.45, 7) is 1.05. The van der Waals surface area contributed by atoms with E-state index in [9.17, 15) is 18.8 Å². The number of anilines is 4. The standard InChI is InChI=1S/C27H31FN4O4/c28-19-7-4-8-20(23(19)29)31-25(34)22(16-5-2-1-3-6-16)24(33)30-17-9-10-18-21(15-17)32-26(35)27(18)11-13-36-14-12-27/h4,7-10,15-16,22H,1-3,5-6,11-14,29H2,(H,30,33)(H,31,34)(H,32,35). The fraction of sp³-hybridized carbons (Fsp3) is 0.444. The van der Waals surface area contributed by atoms with Crippen molar-refractivity contribution in [3.05, 3.63) is 47.8 Å². The normalized spacial score (nSPS) is 19.9. The molecule has 1 saturated carbocycles. The number of fused-ring (bicyclic) bond motifs is 2. The summed E-state index contributed by atoms with van der Waals surface area (Å²) in [7, 11) is 0. The van der Waals surface area contributed by atoms with Gasteiger partial charge in [0.2, 0.25) is 17.7 Å². The number of nitrogens with one attached hydrogen (secondary N) is 3. The number of ether oxygens (including phenoxy) is 1. The molecule has 1 saturated heterocycles. The number of amides is 3. The molecule has 5 rings (SSSR count). The molecule has 0 bridgehead atoms. The van der Waals surface area contributed by atoms with E-state index in [1.807, 2.05) is 6.07 Å². The average Bonchev–Trinajstić information content (AvgIpc) is 3.13. The first-order valence-electron chi connectivity index (χ1n) is 12.6. The Balaban J connectivity index is 1.37. The van der Waals surface area contributed by atoms with Gasteiger partial charge in [-0.2, -0.15) is 0 Å². The third kappa shape index (κ3) is 4.43. The minimum atomic E-state index is -0.961. The molecule has 1 unspecified atom stereocenters. The zero-order valence-corrected chi connectivity index (χ0v) is 20.1. The van der Waals surface area contributed by atoms with E-state index in [0.29, 0.717) is 37.4 Å². The van der Waals surface area contributed by atoms with Crippen LogP contribution in [0.25, 0.3) is 0 Å². The maximum Gasteiger partial charge on any atom is 0.237 e. The number of benzene rings is 2. The van der Waals surface area contributed by atoms with Gasteiger partial charge in [-0.15, -0.1) is 0 Å². The fourth-order valence-corrected chi connectivity index (χ4v) is 5.81. The van der Waals surface area contributed by atoms with Crippen LogP contribution in [0.3, 0.4) is 0 Å². The van der Waals surface area contributed by atoms with Crippen LogP contribution in [-0.4, -0.2) is 30.9 Å². The second-order valence-electron chi connectivity index (χ2n) is 9.96. The van der Waals surface area contributed by atoms with Crippen molar-refractivity contribution >= 4 is 40.5 Å². The number of hydrogen-bond acceptors (Lipinski definition) is 5. The van der Waals surface area contributed by atoms with Crippen molar-refractivity contribution in [2.24, 2.45) is 11.8 Å². The second-order valence-corrected chi connectivity index (χ2v) is 9.96. The highest BCUT2D eigenvalue weighted by Crippen LogP contribution is 2.45. The maximum absolute atomic E-state index is 13.9. The van der Waals surface area contributed by atoms with Crippen LogP contribution in [-0.2, 0) is 24.5 Å². The summed E-state index contributed by atoms with van der Waals surface area (Å²) in [5, 5.41) is 8.51. The minimum Gasteiger partial charge on any atom is -0.395 e. The van der Waals surface area contributed by atoms with Crippen molar-refractivity contribution in [1.82, 2.24) is 0 Å². The van der Waals surface area contributed by atoms with Crippen LogP contribution in [0.1, 0.15) is 50.5 Å². The second kappa shape index (κ2) is 9.89. The smallest absolute Gasteiger partial charge is 0.237 e. The summed E-state index contributed by atoms with van der Waals surface area (Å²) in [5.74, 6) is -2.71. The van der Waals surface area contributed by atoms with E-state index in [1.165, 1.54) is 18.2 Å². The first kappa shape index (κ1) is 24.2. The van der Waals surface area contributed by atoms with E-state index in [2.05, 4.69) is 16.0 Å². The van der Waals surface area contributed by atoms with Crippen LogP contribution in [0.4, 0.5) is 27.1 Å². The van der Waals surface area contributed by atoms with Gasteiger partial charge in [0, 0.05) is 24.6 Å². The third-order valence-corrected chi connectivity index (χ3v) is 7.83. The van der Waals surface area contributed by atoms with Crippen molar-refractivity contribution in [3.8, 4) is 0 Å². The van der Waals surface area contributed by atoms with Crippen LogP contribution in [0.15, 0.2) is 36.4 Å². The predicted octanol–water partition coefficient (Wildman–Crippen LogP) is 4.18. The molecule has 2 aliphatic heterocycles. The van der Waals surface area contributed by atoms with Crippen molar-refractivity contribution in [2.45, 2.75) is 50.4 Å². The predicted molar refractivity (Wildman–Crippen MR) is 135 cm³/mol. The zero-order valence-electron chi connectivity index (χ0n) is 20.1. The van der Waals surface area contributed by atoms with E-state index in [-0.39, 0.29) is 23.2 Å². The van der Waals surface area contributed by atoms with Crippen molar-refractivity contribution in [3.63, 3.8) is 0 Å². The molecule has 1 spiro atoms. The molecule has 2 heterocycles. The Kier molecular flexibility index (Phi) is 6.66. The van der Waals surface area contributed by atoms with E-state index in [1.54, 1.807) is 12.1 Å². The SMILES string of the molecule is Nc1c(F)cccc1NC(=O)C(C(=O)Nc1ccc2c(c1)NC(=O)C21CCOCC1)C1CCCCC1. The lowest BCUT2D eigenvalue weighted by atomic mass is 9.75. The molecule has 3 aliphatic rings. The van der Waals surface area contributed by atoms with Gasteiger partial charge >= 0.3 is 0 Å². The quantitative estimate of drug-likeness (QED) is 0.367. The molecule has 2 fully saturated rings. The van der Waals surface area contributed by atoms with Gasteiger partial charge in [0.25, 0.3) is 0 Å². The lowest BCUT2D eigenvalue weighted by Gasteiger charge is -2.31. The minimum absolute atomic E-state index is 0.0450. The Labute approximate surface area is 209 Å². The van der Waals surface area contributed by atoms with Crippen LogP contribution >= 0.6 is 0 Å². The Morgan fingerprint density at radius 1 is 1.06 bits per heavy atom. The number of para-hydroxylation sites is 1. The highest BCUT2D eigenvalue weighted by atomic mass is 19.1. The van der Waals surface area contributed by atoms with E-state index < -0.39 is 29.0 Å². The number of halogens is 1. The first-order chi connectivity index (χ1) is 17.4. The maximum atomic E-state index is 13.9. The monoisotopic (exact) mass is 494 g/mol. The molecule has 3 amide bonds. The Hall–Kier alpha value is -3.46. The fourth-order valence-electron chi connectivity index (χ4n) is 5.81. The van der Waals surface area contributed by atoms with E-state index >= 15 is 0 Å². The van der Waals surface area contributed by atoms with Crippen molar-refractivity contribution in [2.75, 3.05) is 34.9 Å². The summed E-state index contributed by atoms with van der Waals surface area (Å²) >= 11 is 0. The number of hydrogen-bond donors (Lipinski definition) is 4. The van der Waals surface area contributed by atoms with E-state index in [4.69, 9.17) is 10.5 Å². The lowest BCUT2D eigenvalue weighted by molar-refractivity contribution is -0.132. The summed E-state index contributed by atoms with van der Waals surface area (Å²) in [4.78, 5) is 39.6. The molecule has 9 heteroatoms. The molecule has 0 radical (unpaired) electrons. The topological polar surface area (TPSA) is 123 Å². The summed E-state index contributed by atoms with van der Waals surface area (Å²) < 4.78 is 19.4. The molecule has 0 aromatic heterocycles. The van der Waals surface area contributed by atoms with Gasteiger partial charge in [-0.25, -0.2) is 4.39 Å². The average molecular weight is 495 g/mol. The highest BCUT2D eigenvalue weighted by Gasteiger charge is 2.47. The third-order valence-electron chi connectivity index (χ3n) is 7.83. The number of carbonyl (C=O) groups excluding carboxylic acids is 3. The Bertz CT molecular complexity index is 1190.